The van der Waals surface area contributed by atoms with Crippen LogP contribution in [0.25, 0.3) is 11.1 Å². The Morgan fingerprint density at radius 3 is 0.680 bits per heavy atom. The number of carbonyl (C=O) groups excluding carboxylic acids is 4. The van der Waals surface area contributed by atoms with Crippen LogP contribution in [0.4, 0.5) is 0 Å². The van der Waals surface area contributed by atoms with Gasteiger partial charge in [0, 0.05) is 239 Å². The van der Waals surface area contributed by atoms with Crippen LogP contribution in [0.15, 0.2) is 195 Å². The van der Waals surface area contributed by atoms with Crippen molar-refractivity contribution in [1.82, 2.24) is 29.9 Å². The molecule has 10 aromatic rings. The normalized spacial score (nSPS) is 11.5. The third-order valence-corrected chi connectivity index (χ3v) is 15.3. The molecule has 1 aliphatic heterocycles. The molecule has 11 rings (SSSR count). The maximum atomic E-state index is 12.0. The molecule has 19 heteroatoms. The first-order valence-electron chi connectivity index (χ1n) is 32.5. The second-order valence-corrected chi connectivity index (χ2v) is 22.0. The molecule has 0 amide bonds. The number of ether oxygens (including phenoxy) is 8. The Bertz CT molecular complexity index is 3460. The molecule has 0 fully saturated rings. The van der Waals surface area contributed by atoms with Gasteiger partial charge in [-0.05, 0) is 134 Å². The summed E-state index contributed by atoms with van der Waals surface area (Å²) in [7, 11) is 0. The Labute approximate surface area is 579 Å². The number of rotatable bonds is 29. The molecule has 492 valence electrons. The Hall–Kier alpha value is -10.5. The summed E-state index contributed by atoms with van der Waals surface area (Å²) in [6, 6.07) is 55.1. The number of carbonyl (C=O) groups is 4. The van der Waals surface area contributed by atoms with Crippen molar-refractivity contribution in [2.24, 2.45) is 0 Å². The summed E-state index contributed by atoms with van der Waals surface area (Å²) < 4.78 is 44.7. The van der Waals surface area contributed by atoms with Crippen molar-refractivity contribution in [1.29, 1.82) is 0 Å². The largest absolute Gasteiger partial charge is 0.628 e. The molecule has 18 nitrogen and oxygen atoms in total. The van der Waals surface area contributed by atoms with Crippen molar-refractivity contribution in [2.45, 2.75) is 79.1 Å². The fourth-order valence-corrected chi connectivity index (χ4v) is 10.8. The average molecular weight is 1350 g/mol. The fourth-order valence-electron chi connectivity index (χ4n) is 10.8. The van der Waals surface area contributed by atoms with Crippen molar-refractivity contribution in [3.05, 3.63) is 286 Å². The van der Waals surface area contributed by atoms with Crippen LogP contribution in [0.1, 0.15) is 147 Å². The van der Waals surface area contributed by atoms with E-state index in [1.54, 1.807) is 52.5 Å². The summed E-state index contributed by atoms with van der Waals surface area (Å²) in [6.45, 7) is 9.86. The zero-order valence-electron chi connectivity index (χ0n) is 55.1. The maximum absolute atomic E-state index is 12.0. The van der Waals surface area contributed by atoms with Crippen LogP contribution in [0.3, 0.4) is 0 Å². The molecular weight excluding hydrogens is 1280 g/mol. The van der Waals surface area contributed by atoms with Gasteiger partial charge in [-0.3, -0.25) is 29.1 Å². The molecule has 0 atom stereocenters. The van der Waals surface area contributed by atoms with Gasteiger partial charge in [-0.25, -0.2) is 0 Å². The number of fused-ring (bicyclic) bond motifs is 8. The summed E-state index contributed by atoms with van der Waals surface area (Å²) in [4.78, 5) is 77.6. The van der Waals surface area contributed by atoms with E-state index >= 15 is 0 Å². The van der Waals surface area contributed by atoms with E-state index in [2.05, 4.69) is 9.97 Å². The molecule has 8 bridgehead atoms. The second kappa shape index (κ2) is 36.4. The maximum Gasteiger partial charge on any atom is 0.305 e. The van der Waals surface area contributed by atoms with Crippen LogP contribution in [0.2, 0.25) is 0 Å². The third-order valence-electron chi connectivity index (χ3n) is 15.3. The molecule has 0 spiro atoms. The number of hydrogen-bond acceptors (Lipinski definition) is 14. The topological polar surface area (TPSA) is 224 Å². The summed E-state index contributed by atoms with van der Waals surface area (Å²) >= 11 is 0. The third kappa shape index (κ3) is 19.8. The molecule has 0 N–H and O–H groups in total. The van der Waals surface area contributed by atoms with E-state index in [4.69, 9.17) is 57.8 Å². The van der Waals surface area contributed by atoms with E-state index in [9.17, 15) is 19.2 Å². The zero-order chi connectivity index (χ0) is 66.9. The number of aromatic nitrogens is 6. The number of esters is 4. The van der Waals surface area contributed by atoms with Gasteiger partial charge in [0.05, 0.1) is 75.1 Å². The van der Waals surface area contributed by atoms with Gasteiger partial charge in [0.15, 0.2) is 0 Å². The van der Waals surface area contributed by atoms with Crippen LogP contribution >= 0.6 is 0 Å². The smallest absolute Gasteiger partial charge is 0.305 e. The van der Waals surface area contributed by atoms with E-state index in [1.807, 2.05) is 170 Å². The molecule has 0 unspecified atom stereocenters. The minimum Gasteiger partial charge on any atom is -0.628 e. The first-order chi connectivity index (χ1) is 47.1. The number of hydrogen-bond donors (Lipinski definition) is 0. The molecule has 0 saturated carbocycles. The van der Waals surface area contributed by atoms with Gasteiger partial charge in [-0.1, -0.05) is 0 Å². The molecule has 0 saturated heterocycles. The number of pyridine rings is 2. The van der Waals surface area contributed by atoms with Crippen LogP contribution in [0.5, 0.6) is 23.0 Å². The fraction of sp³-hybridized carbons (Fsp3) is 0.256. The van der Waals surface area contributed by atoms with Gasteiger partial charge in [0.25, 0.3) is 0 Å². The molecule has 0 radical (unpaired) electrons. The van der Waals surface area contributed by atoms with Gasteiger partial charge in [-0.2, -0.15) is 0 Å². The van der Waals surface area contributed by atoms with Crippen molar-refractivity contribution in [3.63, 3.8) is 0 Å². The van der Waals surface area contributed by atoms with Gasteiger partial charge in [-0.15, -0.1) is 0 Å². The average Bonchev–Trinajstić information content (AvgIpc) is 1.63. The SMILES string of the molecule is CCOC(=O)CCCOc1ccc([C+]2c3ccc([n-]3)[C+](c3ccc(OCCCC(=O)OCC)cc3)c3ccc([n-]3)[C+](c3ccc(OCCCC(=O)OCC)cc3)c3ccc([n-]3)[C+](c3ccc(OCCCC(=O)OCC)cc3)c3ccc2[n-]3)cc1.[Zn].c1cc(-c2ccncc2)ccn1. The molecular formula is C78H76N6O12Zn. The van der Waals surface area contributed by atoms with E-state index in [-0.39, 0.29) is 69.0 Å². The molecule has 97 heavy (non-hydrogen) atoms. The molecule has 7 heterocycles. The molecule has 0 aliphatic carbocycles. The Balaban J connectivity index is 0.000000759. The first-order valence-corrected chi connectivity index (χ1v) is 32.5. The number of nitrogens with zero attached hydrogens (tertiary/aromatic N) is 6. The van der Waals surface area contributed by atoms with E-state index in [0.29, 0.717) is 147 Å². The zero-order valence-corrected chi connectivity index (χ0v) is 58.0. The van der Waals surface area contributed by atoms with E-state index in [1.165, 1.54) is 11.1 Å². The van der Waals surface area contributed by atoms with Crippen LogP contribution in [-0.2, 0) is 57.6 Å². The van der Waals surface area contributed by atoms with Gasteiger partial charge in [0.1, 0.15) is 23.0 Å². The van der Waals surface area contributed by atoms with Gasteiger partial charge >= 0.3 is 23.9 Å². The standard InChI is InChI=1S/C68H68N4O12.C10H8N2.Zn/c1-5-77-61(73)13-9-41-81-49-25-17-45(18-26-49)65-53-33-35-55(69-53)66(46-19-27-50(28-20-46)82-42-10-14-62(74)78-6-2)57-37-39-59(71-57)68(48-23-31-52(32-24-48)84-44-12-16-64(76)80-8-4)60-40-38-58(72-60)67(56-36-34-54(65)70-56)47-21-29-51(30-22-47)83-43-11-15-63(75)79-7-3;1-5-11-6-2-9(1)10-3-7-12-8-4-10;/h17-40H,5-16,41-44H2,1-4H3;1-8H;. The Kier molecular flexibility index (Phi) is 26.6. The van der Waals surface area contributed by atoms with Crippen LogP contribution in [-0.4, -0.2) is 86.7 Å². The molecule has 6 aromatic heterocycles. The monoisotopic (exact) mass is 1350 g/mol. The van der Waals surface area contributed by atoms with Crippen molar-refractivity contribution in [2.75, 3.05) is 52.9 Å². The van der Waals surface area contributed by atoms with Crippen LogP contribution < -0.4 is 38.9 Å². The first kappa shape index (κ1) is 70.8. The summed E-state index contributed by atoms with van der Waals surface area (Å²) in [5.74, 6) is 4.67. The Morgan fingerprint density at radius 2 is 0.495 bits per heavy atom. The summed E-state index contributed by atoms with van der Waals surface area (Å²) in [6.07, 6.45) is 10.3. The Morgan fingerprint density at radius 1 is 0.299 bits per heavy atom. The molecule has 1 aliphatic rings. The van der Waals surface area contributed by atoms with Gasteiger partial charge < -0.3 is 57.8 Å². The minimum atomic E-state index is -0.255. The second-order valence-electron chi connectivity index (χ2n) is 22.0. The predicted octanol–water partition coefficient (Wildman–Crippen LogP) is 12.9. The molecule has 4 aromatic carbocycles. The van der Waals surface area contributed by atoms with Gasteiger partial charge in [0.2, 0.25) is 0 Å². The quantitative estimate of drug-likeness (QED) is 0.0140. The predicted molar refractivity (Wildman–Crippen MR) is 360 cm³/mol. The number of benzene rings is 4. The van der Waals surface area contributed by atoms with Crippen molar-refractivity contribution < 1.29 is 76.6 Å². The van der Waals surface area contributed by atoms with Crippen molar-refractivity contribution >= 4 is 23.9 Å². The van der Waals surface area contributed by atoms with E-state index in [0.717, 1.165) is 45.9 Å². The van der Waals surface area contributed by atoms with Crippen LogP contribution in [0, 0.1) is 23.7 Å². The minimum absolute atomic E-state index is 0. The summed E-state index contributed by atoms with van der Waals surface area (Å²) in [5, 5.41) is 0. The van der Waals surface area contributed by atoms with E-state index < -0.39 is 0 Å². The summed E-state index contributed by atoms with van der Waals surface area (Å²) in [5.41, 5.74) is 11.1. The van der Waals surface area contributed by atoms with Crippen molar-refractivity contribution in [3.8, 4) is 34.1 Å².